The van der Waals surface area contributed by atoms with Crippen molar-refractivity contribution in [3.8, 4) is 11.5 Å². The lowest BCUT2D eigenvalue weighted by atomic mass is 10.2. The molecule has 0 aromatic heterocycles. The van der Waals surface area contributed by atoms with Crippen LogP contribution in [-0.4, -0.2) is 11.1 Å². The van der Waals surface area contributed by atoms with Crippen LogP contribution in [0.25, 0.3) is 0 Å². The van der Waals surface area contributed by atoms with Crippen molar-refractivity contribution in [3.63, 3.8) is 0 Å². The number of carboxylic acids is 1. The molecule has 19 heavy (non-hydrogen) atoms. The van der Waals surface area contributed by atoms with Crippen LogP contribution in [0.2, 0.25) is 0 Å². The fourth-order valence-electron chi connectivity index (χ4n) is 1.52. The molecule has 0 saturated carbocycles. The van der Waals surface area contributed by atoms with Crippen LogP contribution in [0.15, 0.2) is 40.9 Å². The minimum Gasteiger partial charge on any atom is -0.478 e. The lowest BCUT2D eigenvalue weighted by Crippen LogP contribution is -1.98. The number of aromatic carboxylic acids is 1. The highest BCUT2D eigenvalue weighted by atomic mass is 79.9. The van der Waals surface area contributed by atoms with Crippen molar-refractivity contribution in [2.75, 3.05) is 0 Å². The summed E-state index contributed by atoms with van der Waals surface area (Å²) in [6.07, 6.45) is 0. The van der Waals surface area contributed by atoms with Gasteiger partial charge in [0.15, 0.2) is 11.6 Å². The van der Waals surface area contributed by atoms with Crippen LogP contribution in [0.1, 0.15) is 15.9 Å². The van der Waals surface area contributed by atoms with Crippen molar-refractivity contribution < 1.29 is 19.0 Å². The van der Waals surface area contributed by atoms with E-state index in [4.69, 9.17) is 9.84 Å². The Labute approximate surface area is 117 Å². The third kappa shape index (κ3) is 3.12. The maximum atomic E-state index is 13.7. The molecule has 0 fully saturated rings. The topological polar surface area (TPSA) is 46.5 Å². The average Bonchev–Trinajstić information content (AvgIpc) is 2.36. The Morgan fingerprint density at radius 2 is 1.95 bits per heavy atom. The molecule has 0 radical (unpaired) electrons. The van der Waals surface area contributed by atoms with E-state index < -0.39 is 11.8 Å². The molecule has 5 heteroatoms. The molecule has 3 nitrogen and oxygen atoms in total. The van der Waals surface area contributed by atoms with Gasteiger partial charge < -0.3 is 9.84 Å². The summed E-state index contributed by atoms with van der Waals surface area (Å²) < 4.78 is 20.0. The summed E-state index contributed by atoms with van der Waals surface area (Å²) in [6.45, 7) is 1.84. The summed E-state index contributed by atoms with van der Waals surface area (Å²) in [5.41, 5.74) is 0.737. The van der Waals surface area contributed by atoms with Crippen LogP contribution in [0.4, 0.5) is 4.39 Å². The Kier molecular flexibility index (Phi) is 3.85. The SMILES string of the molecule is Cc1ccc(Br)cc1Oc1ccc(C(=O)O)cc1F. The molecular formula is C14H10BrFO3. The van der Waals surface area contributed by atoms with E-state index in [9.17, 15) is 9.18 Å². The van der Waals surface area contributed by atoms with Crippen LogP contribution in [0, 0.1) is 12.7 Å². The van der Waals surface area contributed by atoms with E-state index in [1.54, 1.807) is 6.07 Å². The van der Waals surface area contributed by atoms with Gasteiger partial charge in [0.2, 0.25) is 0 Å². The standard InChI is InChI=1S/C14H10BrFO3/c1-8-2-4-10(15)7-13(8)19-12-5-3-9(14(17)18)6-11(12)16/h2-7H,1H3,(H,17,18). The van der Waals surface area contributed by atoms with Crippen LogP contribution < -0.4 is 4.74 Å². The van der Waals surface area contributed by atoms with Gasteiger partial charge in [-0.1, -0.05) is 22.0 Å². The normalized spacial score (nSPS) is 10.3. The highest BCUT2D eigenvalue weighted by Crippen LogP contribution is 2.30. The van der Waals surface area contributed by atoms with Crippen molar-refractivity contribution in [3.05, 3.63) is 57.8 Å². The first-order valence-corrected chi connectivity index (χ1v) is 6.23. The number of ether oxygens (including phenoxy) is 1. The van der Waals surface area contributed by atoms with E-state index in [2.05, 4.69) is 15.9 Å². The lowest BCUT2D eigenvalue weighted by molar-refractivity contribution is 0.0696. The van der Waals surface area contributed by atoms with Crippen molar-refractivity contribution in [2.45, 2.75) is 6.92 Å². The Balaban J connectivity index is 2.33. The largest absolute Gasteiger partial charge is 0.478 e. The van der Waals surface area contributed by atoms with Gasteiger partial charge in [-0.05, 0) is 42.8 Å². The van der Waals surface area contributed by atoms with Gasteiger partial charge >= 0.3 is 5.97 Å². The second kappa shape index (κ2) is 5.40. The van der Waals surface area contributed by atoms with E-state index in [0.717, 1.165) is 16.1 Å². The number of hydrogen-bond acceptors (Lipinski definition) is 2. The first-order valence-electron chi connectivity index (χ1n) is 5.44. The zero-order valence-electron chi connectivity index (χ0n) is 9.98. The summed E-state index contributed by atoms with van der Waals surface area (Å²) >= 11 is 3.31. The number of benzene rings is 2. The van der Waals surface area contributed by atoms with Crippen LogP contribution in [-0.2, 0) is 0 Å². The summed E-state index contributed by atoms with van der Waals surface area (Å²) in [5, 5.41) is 8.76. The zero-order chi connectivity index (χ0) is 14.0. The second-order valence-corrected chi connectivity index (χ2v) is 4.88. The van der Waals surface area contributed by atoms with Crippen molar-refractivity contribution in [2.24, 2.45) is 0 Å². The first-order chi connectivity index (χ1) is 8.97. The molecule has 2 aromatic rings. The highest BCUT2D eigenvalue weighted by Gasteiger charge is 2.11. The van der Waals surface area contributed by atoms with E-state index in [1.807, 2.05) is 19.1 Å². The molecule has 0 bridgehead atoms. The Morgan fingerprint density at radius 3 is 2.58 bits per heavy atom. The van der Waals surface area contributed by atoms with Gasteiger partial charge in [0.25, 0.3) is 0 Å². The van der Waals surface area contributed by atoms with Crippen LogP contribution in [0.3, 0.4) is 0 Å². The zero-order valence-corrected chi connectivity index (χ0v) is 11.6. The molecule has 2 rings (SSSR count). The van der Waals surface area contributed by atoms with E-state index in [0.29, 0.717) is 5.75 Å². The molecule has 0 unspecified atom stereocenters. The molecule has 0 saturated heterocycles. The summed E-state index contributed by atoms with van der Waals surface area (Å²) in [7, 11) is 0. The first kappa shape index (κ1) is 13.5. The molecule has 98 valence electrons. The number of aryl methyl sites for hydroxylation is 1. The molecule has 0 atom stereocenters. The summed E-state index contributed by atoms with van der Waals surface area (Å²) in [4.78, 5) is 10.7. The minimum absolute atomic E-state index is 0.00815. The molecule has 0 aliphatic heterocycles. The van der Waals surface area contributed by atoms with Gasteiger partial charge in [-0.25, -0.2) is 9.18 Å². The molecule has 0 spiro atoms. The van der Waals surface area contributed by atoms with Crippen molar-refractivity contribution in [1.29, 1.82) is 0 Å². The fourth-order valence-corrected chi connectivity index (χ4v) is 1.86. The minimum atomic E-state index is -1.18. The second-order valence-electron chi connectivity index (χ2n) is 3.96. The number of hydrogen-bond donors (Lipinski definition) is 1. The van der Waals surface area contributed by atoms with Gasteiger partial charge in [0.05, 0.1) is 5.56 Å². The maximum absolute atomic E-state index is 13.7. The van der Waals surface area contributed by atoms with E-state index >= 15 is 0 Å². The third-order valence-electron chi connectivity index (χ3n) is 2.55. The quantitative estimate of drug-likeness (QED) is 0.910. The Hall–Kier alpha value is -1.88. The van der Waals surface area contributed by atoms with Crippen LogP contribution in [0.5, 0.6) is 11.5 Å². The fraction of sp³-hybridized carbons (Fsp3) is 0.0714. The summed E-state index contributed by atoms with van der Waals surface area (Å²) in [5.74, 6) is -1.38. The number of carbonyl (C=O) groups is 1. The third-order valence-corrected chi connectivity index (χ3v) is 3.04. The molecular weight excluding hydrogens is 315 g/mol. The van der Waals surface area contributed by atoms with Crippen molar-refractivity contribution >= 4 is 21.9 Å². The predicted octanol–water partition coefficient (Wildman–Crippen LogP) is 4.39. The van der Waals surface area contributed by atoms with E-state index in [-0.39, 0.29) is 11.3 Å². The number of rotatable bonds is 3. The number of carboxylic acid groups (broad SMARTS) is 1. The Bertz CT molecular complexity index is 641. The van der Waals surface area contributed by atoms with Crippen LogP contribution >= 0.6 is 15.9 Å². The predicted molar refractivity (Wildman–Crippen MR) is 72.3 cm³/mol. The molecule has 1 N–H and O–H groups in total. The Morgan fingerprint density at radius 1 is 1.21 bits per heavy atom. The smallest absolute Gasteiger partial charge is 0.335 e. The monoisotopic (exact) mass is 324 g/mol. The molecule has 0 aliphatic rings. The van der Waals surface area contributed by atoms with Gasteiger partial charge in [-0.3, -0.25) is 0 Å². The van der Waals surface area contributed by atoms with E-state index in [1.165, 1.54) is 12.1 Å². The van der Waals surface area contributed by atoms with Crippen molar-refractivity contribution in [1.82, 2.24) is 0 Å². The van der Waals surface area contributed by atoms with Gasteiger partial charge in [0, 0.05) is 4.47 Å². The summed E-state index contributed by atoms with van der Waals surface area (Å²) in [6, 6.07) is 8.95. The molecule has 2 aromatic carbocycles. The molecule has 0 amide bonds. The molecule has 0 heterocycles. The highest BCUT2D eigenvalue weighted by molar-refractivity contribution is 9.10. The van der Waals surface area contributed by atoms with Gasteiger partial charge in [-0.2, -0.15) is 0 Å². The lowest BCUT2D eigenvalue weighted by Gasteiger charge is -2.10. The molecule has 0 aliphatic carbocycles. The van der Waals surface area contributed by atoms with Gasteiger partial charge in [-0.15, -0.1) is 0 Å². The number of halogens is 2. The average molecular weight is 325 g/mol. The maximum Gasteiger partial charge on any atom is 0.335 e. The van der Waals surface area contributed by atoms with Gasteiger partial charge in [0.1, 0.15) is 5.75 Å².